The van der Waals surface area contributed by atoms with Crippen LogP contribution >= 0.6 is 0 Å². The summed E-state index contributed by atoms with van der Waals surface area (Å²) in [5.74, 6) is 1.02. The molecule has 2 rings (SSSR count). The maximum absolute atomic E-state index is 5.96. The maximum atomic E-state index is 5.96. The fraction of sp³-hybridized carbons (Fsp3) is 0.667. The summed E-state index contributed by atoms with van der Waals surface area (Å²) in [4.78, 5) is 2.39. The summed E-state index contributed by atoms with van der Waals surface area (Å²) in [7, 11) is 0. The third-order valence-electron chi connectivity index (χ3n) is 4.45. The maximum Gasteiger partial charge on any atom is 0.119 e. The van der Waals surface area contributed by atoms with Crippen LogP contribution in [0, 0.1) is 0 Å². The number of hydrogen-bond acceptors (Lipinski definition) is 3. The highest BCUT2D eigenvalue weighted by Gasteiger charge is 2.19. The highest BCUT2D eigenvalue weighted by Crippen LogP contribution is 2.32. The van der Waals surface area contributed by atoms with E-state index in [0.717, 1.165) is 38.5 Å². The van der Waals surface area contributed by atoms with Gasteiger partial charge in [0, 0.05) is 12.6 Å². The second-order valence-corrected chi connectivity index (χ2v) is 5.74. The molecule has 118 valence electrons. The van der Waals surface area contributed by atoms with Gasteiger partial charge in [-0.05, 0) is 62.2 Å². The summed E-state index contributed by atoms with van der Waals surface area (Å²) in [6.45, 7) is 11.6. The van der Waals surface area contributed by atoms with Crippen molar-refractivity contribution >= 4 is 0 Å². The number of likely N-dealkylation sites (N-methyl/N-ethyl adjacent to an activating group) is 1. The number of rotatable bonds is 8. The Bertz CT molecular complexity index is 429. The minimum Gasteiger partial charge on any atom is -0.492 e. The van der Waals surface area contributed by atoms with Crippen molar-refractivity contribution < 1.29 is 4.74 Å². The van der Waals surface area contributed by atoms with Crippen molar-refractivity contribution in [2.45, 2.75) is 46.1 Å². The Labute approximate surface area is 129 Å². The van der Waals surface area contributed by atoms with Crippen LogP contribution in [0.4, 0.5) is 0 Å². The van der Waals surface area contributed by atoms with Gasteiger partial charge in [0.15, 0.2) is 0 Å². The van der Waals surface area contributed by atoms with E-state index < -0.39 is 0 Å². The molecule has 1 aromatic rings. The Morgan fingerprint density at radius 1 is 1.24 bits per heavy atom. The lowest BCUT2D eigenvalue weighted by atomic mass is 9.87. The highest BCUT2D eigenvalue weighted by molar-refractivity contribution is 5.39. The topological polar surface area (TPSA) is 24.5 Å². The first-order chi connectivity index (χ1) is 10.3. The Balaban J connectivity index is 1.97. The van der Waals surface area contributed by atoms with E-state index in [1.807, 2.05) is 0 Å². The molecule has 1 unspecified atom stereocenters. The lowest BCUT2D eigenvalue weighted by Gasteiger charge is -2.27. The zero-order valence-corrected chi connectivity index (χ0v) is 13.8. The van der Waals surface area contributed by atoms with Gasteiger partial charge in [0.2, 0.25) is 0 Å². The predicted molar refractivity (Wildman–Crippen MR) is 89.1 cm³/mol. The predicted octanol–water partition coefficient (Wildman–Crippen LogP) is 3.39. The first-order valence-corrected chi connectivity index (χ1v) is 8.49. The first-order valence-electron chi connectivity index (χ1n) is 8.49. The second-order valence-electron chi connectivity index (χ2n) is 5.74. The van der Waals surface area contributed by atoms with Crippen LogP contribution in [0.3, 0.4) is 0 Å². The molecule has 0 saturated carbocycles. The van der Waals surface area contributed by atoms with Gasteiger partial charge in [-0.3, -0.25) is 0 Å². The van der Waals surface area contributed by atoms with Crippen molar-refractivity contribution in [3.05, 3.63) is 29.3 Å². The quantitative estimate of drug-likeness (QED) is 0.794. The van der Waals surface area contributed by atoms with Crippen molar-refractivity contribution in [3.63, 3.8) is 0 Å². The molecule has 1 atom stereocenters. The summed E-state index contributed by atoms with van der Waals surface area (Å²) >= 11 is 0. The molecular weight excluding hydrogens is 260 g/mol. The van der Waals surface area contributed by atoms with Crippen LogP contribution < -0.4 is 10.1 Å². The van der Waals surface area contributed by atoms with E-state index in [1.165, 1.54) is 30.4 Å². The SMILES string of the molecule is CCNC1CCCc2ccc(OCCN(CC)CC)cc21. The molecule has 0 bridgehead atoms. The lowest BCUT2D eigenvalue weighted by Crippen LogP contribution is -2.28. The van der Waals surface area contributed by atoms with Crippen molar-refractivity contribution in [1.82, 2.24) is 10.2 Å². The van der Waals surface area contributed by atoms with Gasteiger partial charge >= 0.3 is 0 Å². The number of benzene rings is 1. The van der Waals surface area contributed by atoms with Gasteiger partial charge < -0.3 is 15.0 Å². The Morgan fingerprint density at radius 3 is 2.76 bits per heavy atom. The largest absolute Gasteiger partial charge is 0.492 e. The van der Waals surface area contributed by atoms with Gasteiger partial charge in [-0.25, -0.2) is 0 Å². The van der Waals surface area contributed by atoms with Crippen LogP contribution in [-0.2, 0) is 6.42 Å². The molecule has 0 amide bonds. The Morgan fingerprint density at radius 2 is 2.05 bits per heavy atom. The van der Waals surface area contributed by atoms with Crippen molar-refractivity contribution in [2.75, 3.05) is 32.8 Å². The third-order valence-corrected chi connectivity index (χ3v) is 4.45. The van der Waals surface area contributed by atoms with Crippen LogP contribution in [0.1, 0.15) is 50.8 Å². The molecule has 3 nitrogen and oxygen atoms in total. The smallest absolute Gasteiger partial charge is 0.119 e. The van der Waals surface area contributed by atoms with Gasteiger partial charge in [0.05, 0.1) is 0 Å². The van der Waals surface area contributed by atoms with Crippen molar-refractivity contribution in [3.8, 4) is 5.75 Å². The molecule has 0 fully saturated rings. The van der Waals surface area contributed by atoms with Crippen LogP contribution in [0.25, 0.3) is 0 Å². The van der Waals surface area contributed by atoms with E-state index in [1.54, 1.807) is 0 Å². The van der Waals surface area contributed by atoms with E-state index >= 15 is 0 Å². The van der Waals surface area contributed by atoms with E-state index in [4.69, 9.17) is 4.74 Å². The van der Waals surface area contributed by atoms with Gasteiger partial charge in [-0.15, -0.1) is 0 Å². The molecule has 0 radical (unpaired) electrons. The van der Waals surface area contributed by atoms with Gasteiger partial charge in [0.25, 0.3) is 0 Å². The standard InChI is InChI=1S/C18H30N2O/c1-4-19-18-9-7-8-15-10-11-16(14-17(15)18)21-13-12-20(5-2)6-3/h10-11,14,18-19H,4-9,12-13H2,1-3H3. The zero-order valence-electron chi connectivity index (χ0n) is 13.8. The van der Waals surface area contributed by atoms with Gasteiger partial charge in [0.1, 0.15) is 12.4 Å². The van der Waals surface area contributed by atoms with E-state index in [2.05, 4.69) is 49.2 Å². The molecule has 21 heavy (non-hydrogen) atoms. The van der Waals surface area contributed by atoms with E-state index in [-0.39, 0.29) is 0 Å². The highest BCUT2D eigenvalue weighted by atomic mass is 16.5. The van der Waals surface area contributed by atoms with Crippen LogP contribution in [0.5, 0.6) is 5.75 Å². The Kier molecular flexibility index (Phi) is 6.52. The van der Waals surface area contributed by atoms with Crippen molar-refractivity contribution in [1.29, 1.82) is 0 Å². The van der Waals surface area contributed by atoms with Crippen LogP contribution in [0.2, 0.25) is 0 Å². The first kappa shape index (κ1) is 16.3. The number of nitrogens with one attached hydrogen (secondary N) is 1. The fourth-order valence-electron chi connectivity index (χ4n) is 3.16. The Hall–Kier alpha value is -1.06. The molecule has 1 aromatic carbocycles. The van der Waals surface area contributed by atoms with E-state index in [9.17, 15) is 0 Å². The molecular formula is C18H30N2O. The summed E-state index contributed by atoms with van der Waals surface area (Å²) < 4.78 is 5.96. The number of fused-ring (bicyclic) bond motifs is 1. The monoisotopic (exact) mass is 290 g/mol. The molecule has 0 spiro atoms. The van der Waals surface area contributed by atoms with E-state index in [0.29, 0.717) is 6.04 Å². The molecule has 0 saturated heterocycles. The average Bonchev–Trinajstić information content (AvgIpc) is 2.52. The minimum atomic E-state index is 0.505. The second kappa shape index (κ2) is 8.40. The molecule has 0 aromatic heterocycles. The minimum absolute atomic E-state index is 0.505. The molecule has 1 N–H and O–H groups in total. The van der Waals surface area contributed by atoms with Crippen molar-refractivity contribution in [2.24, 2.45) is 0 Å². The van der Waals surface area contributed by atoms with Gasteiger partial charge in [-0.2, -0.15) is 0 Å². The number of aryl methyl sites for hydroxylation is 1. The fourth-order valence-corrected chi connectivity index (χ4v) is 3.16. The summed E-state index contributed by atoms with van der Waals surface area (Å²) in [5, 5.41) is 3.60. The molecule has 3 heteroatoms. The molecule has 1 aliphatic carbocycles. The average molecular weight is 290 g/mol. The summed E-state index contributed by atoms with van der Waals surface area (Å²) in [6.07, 6.45) is 3.73. The van der Waals surface area contributed by atoms with Gasteiger partial charge in [-0.1, -0.05) is 26.8 Å². The normalized spacial score (nSPS) is 17.8. The third kappa shape index (κ3) is 4.45. The zero-order chi connectivity index (χ0) is 15.1. The molecule has 1 aliphatic rings. The lowest BCUT2D eigenvalue weighted by molar-refractivity contribution is 0.222. The number of nitrogens with zero attached hydrogens (tertiary/aromatic N) is 1. The number of hydrogen-bond donors (Lipinski definition) is 1. The van der Waals surface area contributed by atoms with Crippen LogP contribution in [0.15, 0.2) is 18.2 Å². The number of ether oxygens (including phenoxy) is 1. The summed E-state index contributed by atoms with van der Waals surface area (Å²) in [5.41, 5.74) is 2.94. The molecule has 0 aliphatic heterocycles. The molecule has 0 heterocycles. The summed E-state index contributed by atoms with van der Waals surface area (Å²) in [6, 6.07) is 7.15. The van der Waals surface area contributed by atoms with Crippen LogP contribution in [-0.4, -0.2) is 37.7 Å².